The predicted octanol–water partition coefficient (Wildman–Crippen LogP) is 3.08. The van der Waals surface area contributed by atoms with Crippen molar-refractivity contribution in [1.29, 1.82) is 0 Å². The minimum absolute atomic E-state index is 0.243. The Bertz CT molecular complexity index is 746. The fourth-order valence-corrected chi connectivity index (χ4v) is 2.35. The molecule has 0 aromatic heterocycles. The second kappa shape index (κ2) is 4.13. The summed E-state index contributed by atoms with van der Waals surface area (Å²) in [6.45, 7) is 0.243. The molecule has 0 unspecified atom stereocenters. The first-order chi connectivity index (χ1) is 9.81. The van der Waals surface area contributed by atoms with E-state index in [9.17, 15) is 4.79 Å². The number of rotatable bonds is 1. The summed E-state index contributed by atoms with van der Waals surface area (Å²) in [5.41, 5.74) is 2.31. The third-order valence-corrected chi connectivity index (χ3v) is 3.31. The van der Waals surface area contributed by atoms with Crippen molar-refractivity contribution >= 4 is 17.8 Å². The molecule has 2 aliphatic rings. The molecule has 0 bridgehead atoms. The molecule has 0 aliphatic carbocycles. The van der Waals surface area contributed by atoms with Crippen LogP contribution >= 0.6 is 0 Å². The van der Waals surface area contributed by atoms with Gasteiger partial charge in [-0.1, -0.05) is 24.3 Å². The molecule has 0 spiro atoms. The van der Waals surface area contributed by atoms with E-state index in [1.165, 1.54) is 0 Å². The topological polar surface area (TPSA) is 44.8 Å². The van der Waals surface area contributed by atoms with Crippen molar-refractivity contribution in [3.8, 4) is 11.5 Å². The summed E-state index contributed by atoms with van der Waals surface area (Å²) in [6.07, 6.45) is 1.83. The molecule has 4 rings (SSSR count). The van der Waals surface area contributed by atoms with Crippen molar-refractivity contribution < 1.29 is 19.0 Å². The van der Waals surface area contributed by atoms with E-state index in [4.69, 9.17) is 14.2 Å². The lowest BCUT2D eigenvalue weighted by Gasteiger charge is -2.01. The molecule has 0 atom stereocenters. The lowest BCUT2D eigenvalue weighted by molar-refractivity contribution is 0.0717. The van der Waals surface area contributed by atoms with Crippen LogP contribution in [0.3, 0.4) is 0 Å². The van der Waals surface area contributed by atoms with Gasteiger partial charge in [0.2, 0.25) is 6.79 Å². The first-order valence-corrected chi connectivity index (χ1v) is 6.24. The van der Waals surface area contributed by atoms with E-state index < -0.39 is 0 Å². The predicted molar refractivity (Wildman–Crippen MR) is 72.3 cm³/mol. The molecular weight excluding hydrogens is 256 g/mol. The van der Waals surface area contributed by atoms with Crippen molar-refractivity contribution in [3.05, 3.63) is 59.2 Å². The van der Waals surface area contributed by atoms with Crippen molar-refractivity contribution in [2.24, 2.45) is 0 Å². The Kier molecular flexibility index (Phi) is 2.29. The fraction of sp³-hybridized carbons (Fsp3) is 0.0625. The standard InChI is InChI=1S/C16H10O4/c17-16-12-4-2-1-3-11(12)14(20-16)7-10-5-6-13-15(8-10)19-9-18-13/h1-8H,9H2/b14-7+. The van der Waals surface area contributed by atoms with Crippen LogP contribution < -0.4 is 9.47 Å². The first-order valence-electron chi connectivity index (χ1n) is 6.24. The Morgan fingerprint density at radius 1 is 0.950 bits per heavy atom. The molecule has 0 fully saturated rings. The number of hydrogen-bond donors (Lipinski definition) is 0. The quantitative estimate of drug-likeness (QED) is 0.744. The van der Waals surface area contributed by atoms with Crippen molar-refractivity contribution in [2.45, 2.75) is 0 Å². The van der Waals surface area contributed by atoms with Crippen molar-refractivity contribution in [3.63, 3.8) is 0 Å². The Morgan fingerprint density at radius 2 is 1.75 bits per heavy atom. The monoisotopic (exact) mass is 266 g/mol. The minimum Gasteiger partial charge on any atom is -0.454 e. The minimum atomic E-state index is -0.312. The molecule has 0 N–H and O–H groups in total. The highest BCUT2D eigenvalue weighted by Crippen LogP contribution is 2.35. The maximum Gasteiger partial charge on any atom is 0.344 e. The number of fused-ring (bicyclic) bond motifs is 2. The van der Waals surface area contributed by atoms with Gasteiger partial charge in [0.15, 0.2) is 11.5 Å². The molecule has 0 amide bonds. The highest BCUT2D eigenvalue weighted by atomic mass is 16.7. The van der Waals surface area contributed by atoms with Crippen LogP contribution in [-0.4, -0.2) is 12.8 Å². The zero-order chi connectivity index (χ0) is 13.5. The smallest absolute Gasteiger partial charge is 0.344 e. The molecule has 0 saturated carbocycles. The molecule has 20 heavy (non-hydrogen) atoms. The van der Waals surface area contributed by atoms with Gasteiger partial charge in [-0.3, -0.25) is 0 Å². The summed E-state index contributed by atoms with van der Waals surface area (Å²) in [7, 11) is 0. The van der Waals surface area contributed by atoms with Crippen LogP contribution in [0, 0.1) is 0 Å². The Hall–Kier alpha value is -2.75. The number of cyclic esters (lactones) is 1. The van der Waals surface area contributed by atoms with Crippen LogP contribution in [0.5, 0.6) is 11.5 Å². The maximum absolute atomic E-state index is 11.7. The second-order valence-corrected chi connectivity index (χ2v) is 4.56. The highest BCUT2D eigenvalue weighted by Gasteiger charge is 2.25. The van der Waals surface area contributed by atoms with Gasteiger partial charge in [0.25, 0.3) is 0 Å². The summed E-state index contributed by atoms with van der Waals surface area (Å²) in [4.78, 5) is 11.7. The summed E-state index contributed by atoms with van der Waals surface area (Å²) < 4.78 is 15.9. The molecular formula is C16H10O4. The van der Waals surface area contributed by atoms with Crippen LogP contribution in [0.1, 0.15) is 21.5 Å². The number of benzene rings is 2. The van der Waals surface area contributed by atoms with Gasteiger partial charge < -0.3 is 14.2 Å². The van der Waals surface area contributed by atoms with Gasteiger partial charge in [0, 0.05) is 5.56 Å². The third kappa shape index (κ3) is 1.66. The van der Waals surface area contributed by atoms with Crippen LogP contribution in [-0.2, 0) is 4.74 Å². The number of hydrogen-bond acceptors (Lipinski definition) is 4. The van der Waals surface area contributed by atoms with E-state index >= 15 is 0 Å². The molecule has 0 radical (unpaired) electrons. The van der Waals surface area contributed by atoms with E-state index in [0.29, 0.717) is 17.1 Å². The van der Waals surface area contributed by atoms with E-state index in [1.54, 1.807) is 6.07 Å². The van der Waals surface area contributed by atoms with E-state index in [2.05, 4.69) is 0 Å². The molecule has 0 saturated heterocycles. The Balaban J connectivity index is 1.77. The number of carbonyl (C=O) groups is 1. The van der Waals surface area contributed by atoms with E-state index in [0.717, 1.165) is 16.9 Å². The summed E-state index contributed by atoms with van der Waals surface area (Å²) >= 11 is 0. The second-order valence-electron chi connectivity index (χ2n) is 4.56. The molecule has 2 aromatic rings. The lowest BCUT2D eigenvalue weighted by Crippen LogP contribution is -1.92. The Morgan fingerprint density at radius 3 is 2.65 bits per heavy atom. The van der Waals surface area contributed by atoms with Gasteiger partial charge in [-0.05, 0) is 29.8 Å². The maximum atomic E-state index is 11.7. The summed E-state index contributed by atoms with van der Waals surface area (Å²) in [5, 5.41) is 0. The normalized spacial score (nSPS) is 17.2. The molecule has 2 heterocycles. The SMILES string of the molecule is O=C1O/C(=C/c2ccc3c(c2)OCO3)c2ccccc21. The van der Waals surface area contributed by atoms with Crippen LogP contribution in [0.2, 0.25) is 0 Å². The van der Waals surface area contributed by atoms with Gasteiger partial charge in [-0.25, -0.2) is 4.79 Å². The number of esters is 1. The van der Waals surface area contributed by atoms with Gasteiger partial charge in [-0.2, -0.15) is 0 Å². The zero-order valence-corrected chi connectivity index (χ0v) is 10.5. The molecule has 98 valence electrons. The zero-order valence-electron chi connectivity index (χ0n) is 10.5. The van der Waals surface area contributed by atoms with Gasteiger partial charge in [-0.15, -0.1) is 0 Å². The largest absolute Gasteiger partial charge is 0.454 e. The van der Waals surface area contributed by atoms with Crippen LogP contribution in [0.4, 0.5) is 0 Å². The Labute approximate surface area is 115 Å². The average molecular weight is 266 g/mol. The van der Waals surface area contributed by atoms with E-state index in [-0.39, 0.29) is 12.8 Å². The van der Waals surface area contributed by atoms with Crippen LogP contribution in [0.15, 0.2) is 42.5 Å². The lowest BCUT2D eigenvalue weighted by atomic mass is 10.1. The summed E-state index contributed by atoms with van der Waals surface area (Å²) in [5.74, 6) is 1.69. The third-order valence-electron chi connectivity index (χ3n) is 3.31. The van der Waals surface area contributed by atoms with Gasteiger partial charge >= 0.3 is 5.97 Å². The van der Waals surface area contributed by atoms with Gasteiger partial charge in [0.05, 0.1) is 5.56 Å². The molecule has 4 heteroatoms. The number of ether oxygens (including phenoxy) is 3. The van der Waals surface area contributed by atoms with Gasteiger partial charge in [0.1, 0.15) is 5.76 Å². The first kappa shape index (κ1) is 11.1. The number of carbonyl (C=O) groups excluding carboxylic acids is 1. The van der Waals surface area contributed by atoms with Crippen LogP contribution in [0.25, 0.3) is 11.8 Å². The highest BCUT2D eigenvalue weighted by molar-refractivity contribution is 6.05. The van der Waals surface area contributed by atoms with Crippen molar-refractivity contribution in [2.75, 3.05) is 6.79 Å². The molecule has 2 aromatic carbocycles. The molecule has 2 aliphatic heterocycles. The van der Waals surface area contributed by atoms with Crippen molar-refractivity contribution in [1.82, 2.24) is 0 Å². The summed E-state index contributed by atoms with van der Waals surface area (Å²) in [6, 6.07) is 13.0. The van der Waals surface area contributed by atoms with E-state index in [1.807, 2.05) is 42.5 Å². The fourth-order valence-electron chi connectivity index (χ4n) is 2.35. The molecule has 4 nitrogen and oxygen atoms in total. The average Bonchev–Trinajstić information content (AvgIpc) is 3.05.